The van der Waals surface area contributed by atoms with Crippen LogP contribution in [0.5, 0.6) is 0 Å². The number of aryl methyl sites for hydroxylation is 1. The predicted molar refractivity (Wildman–Crippen MR) is 84.0 cm³/mol. The fourth-order valence-electron chi connectivity index (χ4n) is 1.71. The Bertz CT molecular complexity index is 712. The Labute approximate surface area is 127 Å². The molecule has 0 aliphatic carbocycles. The topological polar surface area (TPSA) is 72.2 Å². The lowest BCUT2D eigenvalue weighted by Gasteiger charge is -2.11. The zero-order valence-electron chi connectivity index (χ0n) is 10.9. The van der Waals surface area contributed by atoms with Crippen molar-refractivity contribution in [2.24, 2.45) is 5.73 Å². The molecule has 0 radical (unpaired) electrons. The number of anilines is 1. The number of sulfonamides is 1. The summed E-state index contributed by atoms with van der Waals surface area (Å²) in [4.78, 5) is 0.217. The monoisotopic (exact) mass is 354 g/mol. The van der Waals surface area contributed by atoms with Gasteiger partial charge in [0.1, 0.15) is 0 Å². The van der Waals surface area contributed by atoms with Crippen LogP contribution in [0.2, 0.25) is 0 Å². The fourth-order valence-corrected chi connectivity index (χ4v) is 3.20. The van der Waals surface area contributed by atoms with E-state index in [1.165, 1.54) is 0 Å². The molecular weight excluding hydrogens is 340 g/mol. The molecule has 0 unspecified atom stereocenters. The number of hydrogen-bond donors (Lipinski definition) is 2. The molecule has 0 heterocycles. The van der Waals surface area contributed by atoms with E-state index in [0.717, 1.165) is 15.6 Å². The summed E-state index contributed by atoms with van der Waals surface area (Å²) in [5.74, 6) is 0. The highest BCUT2D eigenvalue weighted by Crippen LogP contribution is 2.23. The van der Waals surface area contributed by atoms with E-state index in [-0.39, 0.29) is 4.90 Å². The molecule has 0 saturated heterocycles. The van der Waals surface area contributed by atoms with Gasteiger partial charge in [-0.05, 0) is 42.3 Å². The maximum atomic E-state index is 12.3. The first kappa shape index (κ1) is 15.0. The van der Waals surface area contributed by atoms with Gasteiger partial charge in [0.05, 0.1) is 10.6 Å². The van der Waals surface area contributed by atoms with Gasteiger partial charge in [-0.1, -0.05) is 34.1 Å². The van der Waals surface area contributed by atoms with Crippen molar-refractivity contribution in [3.05, 3.63) is 58.1 Å². The molecule has 3 N–H and O–H groups in total. The van der Waals surface area contributed by atoms with E-state index in [9.17, 15) is 8.42 Å². The van der Waals surface area contributed by atoms with Crippen LogP contribution in [-0.4, -0.2) is 8.42 Å². The molecule has 0 aromatic heterocycles. The third kappa shape index (κ3) is 3.39. The second-order valence-corrected chi connectivity index (χ2v) is 7.01. The zero-order valence-corrected chi connectivity index (χ0v) is 13.3. The molecule has 0 spiro atoms. The first-order valence-corrected chi connectivity index (χ1v) is 8.28. The minimum atomic E-state index is -3.59. The molecule has 0 saturated carbocycles. The Hall–Kier alpha value is -1.37. The molecule has 0 bridgehead atoms. The average molecular weight is 355 g/mol. The lowest BCUT2D eigenvalue weighted by Crippen LogP contribution is -2.14. The summed E-state index contributed by atoms with van der Waals surface area (Å²) < 4.78 is 28.0. The van der Waals surface area contributed by atoms with Gasteiger partial charge in [0.15, 0.2) is 0 Å². The van der Waals surface area contributed by atoms with E-state index < -0.39 is 10.0 Å². The second kappa shape index (κ2) is 5.95. The standard InChI is InChI=1S/C14H15BrN2O2S/c1-10-2-5-12(15)8-14(10)17-20(18,19)13-6-3-11(9-16)4-7-13/h2-8,17H,9,16H2,1H3. The van der Waals surface area contributed by atoms with Crippen molar-refractivity contribution in [1.82, 2.24) is 0 Å². The van der Waals surface area contributed by atoms with Crippen molar-refractivity contribution >= 4 is 31.6 Å². The Balaban J connectivity index is 2.32. The third-order valence-electron chi connectivity index (χ3n) is 2.91. The number of hydrogen-bond acceptors (Lipinski definition) is 3. The highest BCUT2D eigenvalue weighted by atomic mass is 79.9. The molecule has 0 fully saturated rings. The molecule has 6 heteroatoms. The van der Waals surface area contributed by atoms with Gasteiger partial charge >= 0.3 is 0 Å². The Morgan fingerprint density at radius 3 is 2.40 bits per heavy atom. The summed E-state index contributed by atoms with van der Waals surface area (Å²) in [5.41, 5.74) is 7.80. The molecule has 4 nitrogen and oxygen atoms in total. The van der Waals surface area contributed by atoms with Crippen LogP contribution < -0.4 is 10.5 Å². The van der Waals surface area contributed by atoms with Crippen molar-refractivity contribution in [2.75, 3.05) is 4.72 Å². The quantitative estimate of drug-likeness (QED) is 0.886. The van der Waals surface area contributed by atoms with Crippen LogP contribution in [0.15, 0.2) is 51.8 Å². The van der Waals surface area contributed by atoms with Gasteiger partial charge in [0.25, 0.3) is 10.0 Å². The summed E-state index contributed by atoms with van der Waals surface area (Å²) >= 11 is 3.33. The molecule has 0 amide bonds. The van der Waals surface area contributed by atoms with Gasteiger partial charge in [-0.2, -0.15) is 0 Å². The molecule has 106 valence electrons. The summed E-state index contributed by atoms with van der Waals surface area (Å²) in [5, 5.41) is 0. The van der Waals surface area contributed by atoms with Crippen LogP contribution in [0.25, 0.3) is 0 Å². The van der Waals surface area contributed by atoms with Crippen LogP contribution >= 0.6 is 15.9 Å². The van der Waals surface area contributed by atoms with E-state index >= 15 is 0 Å². The number of nitrogens with one attached hydrogen (secondary N) is 1. The van der Waals surface area contributed by atoms with Crippen molar-refractivity contribution < 1.29 is 8.42 Å². The number of halogens is 1. The maximum absolute atomic E-state index is 12.3. The SMILES string of the molecule is Cc1ccc(Br)cc1NS(=O)(=O)c1ccc(CN)cc1. The molecule has 2 aromatic carbocycles. The van der Waals surface area contributed by atoms with Gasteiger partial charge in [0, 0.05) is 11.0 Å². The highest BCUT2D eigenvalue weighted by molar-refractivity contribution is 9.10. The fraction of sp³-hybridized carbons (Fsp3) is 0.143. The zero-order chi connectivity index (χ0) is 14.8. The lowest BCUT2D eigenvalue weighted by atomic mass is 10.2. The minimum absolute atomic E-state index is 0.217. The van der Waals surface area contributed by atoms with Crippen molar-refractivity contribution in [2.45, 2.75) is 18.4 Å². The molecular formula is C14H15BrN2O2S. The molecule has 20 heavy (non-hydrogen) atoms. The van der Waals surface area contributed by atoms with Crippen LogP contribution in [0.4, 0.5) is 5.69 Å². The summed E-state index contributed by atoms with van der Waals surface area (Å²) in [6.07, 6.45) is 0. The van der Waals surface area contributed by atoms with E-state index in [0.29, 0.717) is 12.2 Å². The van der Waals surface area contributed by atoms with E-state index in [2.05, 4.69) is 20.7 Å². The molecule has 0 aliphatic rings. The largest absolute Gasteiger partial charge is 0.326 e. The Kier molecular flexibility index (Phi) is 4.47. The van der Waals surface area contributed by atoms with Crippen molar-refractivity contribution in [1.29, 1.82) is 0 Å². The second-order valence-electron chi connectivity index (χ2n) is 4.41. The van der Waals surface area contributed by atoms with Gasteiger partial charge in [0.2, 0.25) is 0 Å². The maximum Gasteiger partial charge on any atom is 0.261 e. The summed E-state index contributed by atoms with van der Waals surface area (Å²) in [6, 6.07) is 12.0. The van der Waals surface area contributed by atoms with Gasteiger partial charge < -0.3 is 5.73 Å². The van der Waals surface area contributed by atoms with Gasteiger partial charge in [-0.25, -0.2) is 8.42 Å². The minimum Gasteiger partial charge on any atom is -0.326 e. The lowest BCUT2D eigenvalue weighted by molar-refractivity contribution is 0.601. The highest BCUT2D eigenvalue weighted by Gasteiger charge is 2.15. The van der Waals surface area contributed by atoms with Gasteiger partial charge in [-0.3, -0.25) is 4.72 Å². The molecule has 2 rings (SSSR count). The number of benzene rings is 2. The Morgan fingerprint density at radius 2 is 1.80 bits per heavy atom. The summed E-state index contributed by atoms with van der Waals surface area (Å²) in [6.45, 7) is 2.24. The normalized spacial score (nSPS) is 11.3. The van der Waals surface area contributed by atoms with Gasteiger partial charge in [-0.15, -0.1) is 0 Å². The van der Waals surface area contributed by atoms with Crippen molar-refractivity contribution in [3.8, 4) is 0 Å². The molecule has 0 aliphatic heterocycles. The van der Waals surface area contributed by atoms with E-state index in [1.807, 2.05) is 19.1 Å². The van der Waals surface area contributed by atoms with Crippen molar-refractivity contribution in [3.63, 3.8) is 0 Å². The van der Waals surface area contributed by atoms with E-state index in [1.54, 1.807) is 30.3 Å². The first-order valence-electron chi connectivity index (χ1n) is 6.00. The predicted octanol–water partition coefficient (Wildman–Crippen LogP) is 3.02. The van der Waals surface area contributed by atoms with Crippen LogP contribution in [0.3, 0.4) is 0 Å². The van der Waals surface area contributed by atoms with Crippen LogP contribution in [-0.2, 0) is 16.6 Å². The first-order chi connectivity index (χ1) is 9.42. The number of nitrogens with two attached hydrogens (primary N) is 1. The van der Waals surface area contributed by atoms with Crippen LogP contribution in [0, 0.1) is 6.92 Å². The molecule has 2 aromatic rings. The molecule has 0 atom stereocenters. The smallest absolute Gasteiger partial charge is 0.261 e. The van der Waals surface area contributed by atoms with Crippen LogP contribution in [0.1, 0.15) is 11.1 Å². The van der Waals surface area contributed by atoms with E-state index in [4.69, 9.17) is 5.73 Å². The average Bonchev–Trinajstić information content (AvgIpc) is 2.43. The number of rotatable bonds is 4. The summed E-state index contributed by atoms with van der Waals surface area (Å²) in [7, 11) is -3.59. The third-order valence-corrected chi connectivity index (χ3v) is 4.79. The Morgan fingerprint density at radius 1 is 1.15 bits per heavy atom.